The lowest BCUT2D eigenvalue weighted by Gasteiger charge is -2.11. The second-order valence-corrected chi connectivity index (χ2v) is 9.27. The number of anilines is 1. The van der Waals surface area contributed by atoms with Crippen molar-refractivity contribution in [2.24, 2.45) is 5.16 Å². The molecule has 1 aromatic heterocycles. The maximum atomic E-state index is 13.3. The Balaban J connectivity index is 1.56. The van der Waals surface area contributed by atoms with Gasteiger partial charge in [-0.2, -0.15) is 4.39 Å². The number of thiazole rings is 1. The third kappa shape index (κ3) is 5.46. The van der Waals surface area contributed by atoms with Crippen molar-refractivity contribution in [2.45, 2.75) is 36.5 Å². The molecule has 0 bridgehead atoms. The first-order valence-corrected chi connectivity index (χ1v) is 11.2. The number of nitrogens with one attached hydrogen (secondary N) is 1. The molecule has 1 saturated carbocycles. The van der Waals surface area contributed by atoms with Gasteiger partial charge in [0.15, 0.2) is 16.0 Å². The number of oxime groups is 1. The third-order valence-electron chi connectivity index (χ3n) is 4.42. The van der Waals surface area contributed by atoms with Crippen LogP contribution in [0.25, 0.3) is 0 Å². The molecule has 0 saturated heterocycles. The van der Waals surface area contributed by atoms with E-state index in [4.69, 9.17) is 4.84 Å². The number of thioether (sulfide) groups is 1. The van der Waals surface area contributed by atoms with Crippen molar-refractivity contribution < 1.29 is 14.0 Å². The summed E-state index contributed by atoms with van der Waals surface area (Å²) in [6.45, 7) is 2.17. The lowest BCUT2D eigenvalue weighted by atomic mass is 10.0. The number of carbonyl (C=O) groups is 1. The molecule has 0 spiro atoms. The topological polar surface area (TPSA) is 63.6 Å². The van der Waals surface area contributed by atoms with Gasteiger partial charge < -0.3 is 4.84 Å². The maximum absolute atomic E-state index is 13.3. The first kappa shape index (κ1) is 20.6. The number of hydrogen-bond acceptors (Lipinski definition) is 6. The van der Waals surface area contributed by atoms with Crippen LogP contribution in [0.5, 0.6) is 0 Å². The Morgan fingerprint density at radius 2 is 2.10 bits per heavy atom. The van der Waals surface area contributed by atoms with Gasteiger partial charge in [-0.15, -0.1) is 11.8 Å². The number of hydrogen-bond donors (Lipinski definition) is 1. The maximum Gasteiger partial charge on any atom is 0.280 e. The minimum Gasteiger partial charge on any atom is -0.390 e. The van der Waals surface area contributed by atoms with Crippen LogP contribution in [0.15, 0.2) is 64.8 Å². The van der Waals surface area contributed by atoms with Gasteiger partial charge in [0.1, 0.15) is 6.61 Å². The molecule has 0 aliphatic heterocycles. The zero-order valence-electron chi connectivity index (χ0n) is 16.3. The Hall–Kier alpha value is -2.71. The van der Waals surface area contributed by atoms with Gasteiger partial charge >= 0.3 is 0 Å². The minimum absolute atomic E-state index is 0.127. The van der Waals surface area contributed by atoms with Gasteiger partial charge in [-0.3, -0.25) is 10.1 Å². The van der Waals surface area contributed by atoms with Crippen LogP contribution in [0.1, 0.15) is 29.5 Å². The fourth-order valence-corrected chi connectivity index (χ4v) is 4.47. The molecule has 3 aromatic rings. The van der Waals surface area contributed by atoms with Crippen LogP contribution >= 0.6 is 23.1 Å². The van der Waals surface area contributed by atoms with Crippen LogP contribution in [0.2, 0.25) is 0 Å². The van der Waals surface area contributed by atoms with E-state index in [2.05, 4.69) is 21.5 Å². The van der Waals surface area contributed by atoms with Crippen molar-refractivity contribution in [3.63, 3.8) is 0 Å². The molecule has 154 valence electrons. The summed E-state index contributed by atoms with van der Waals surface area (Å²) in [5.41, 5.74) is 2.65. The van der Waals surface area contributed by atoms with E-state index in [1.54, 1.807) is 0 Å². The van der Waals surface area contributed by atoms with Crippen molar-refractivity contribution in [1.29, 1.82) is 0 Å². The van der Waals surface area contributed by atoms with Crippen LogP contribution in [0, 0.1) is 12.1 Å². The van der Waals surface area contributed by atoms with Crippen LogP contribution in [-0.2, 0) is 16.2 Å². The molecule has 1 N–H and O–H groups in total. The molecule has 1 aliphatic rings. The highest BCUT2D eigenvalue weighted by Crippen LogP contribution is 2.39. The van der Waals surface area contributed by atoms with Crippen molar-refractivity contribution >= 4 is 39.8 Å². The molecule has 4 rings (SSSR count). The van der Waals surface area contributed by atoms with Gasteiger partial charge in [0.05, 0.1) is 6.20 Å². The standard InChI is InChI=1S/C22H20FN3O2S2/c1-14-11-17(29-16-7-8-16)9-10-18(14)20(21(27)25-22-24-12-19(23)30-22)26-28-13-15-5-3-2-4-6-15/h2-6,9-12,16H,7-8,13H2,1H3,(H,24,25,27). The molecule has 0 unspecified atom stereocenters. The number of carbonyl (C=O) groups excluding carboxylic acids is 1. The van der Waals surface area contributed by atoms with Gasteiger partial charge in [-0.25, -0.2) is 4.98 Å². The SMILES string of the molecule is Cc1cc(SC2CC2)ccc1C(=NOCc1ccccc1)C(=O)Nc1ncc(F)s1. The lowest BCUT2D eigenvalue weighted by Crippen LogP contribution is -2.25. The Bertz CT molecular complexity index is 1070. The number of rotatable bonds is 8. The average molecular weight is 442 g/mol. The lowest BCUT2D eigenvalue weighted by molar-refractivity contribution is -0.110. The highest BCUT2D eigenvalue weighted by molar-refractivity contribution is 8.00. The van der Waals surface area contributed by atoms with E-state index in [0.717, 1.165) is 28.7 Å². The van der Waals surface area contributed by atoms with Crippen molar-refractivity contribution in [2.75, 3.05) is 5.32 Å². The number of benzene rings is 2. The highest BCUT2D eigenvalue weighted by atomic mass is 32.2. The van der Waals surface area contributed by atoms with E-state index in [-0.39, 0.29) is 17.5 Å². The largest absolute Gasteiger partial charge is 0.390 e. The Labute approximate surface area is 182 Å². The molecular weight excluding hydrogens is 421 g/mol. The number of aryl methyl sites for hydroxylation is 1. The average Bonchev–Trinajstić information content (AvgIpc) is 3.46. The molecule has 0 radical (unpaired) electrons. The summed E-state index contributed by atoms with van der Waals surface area (Å²) in [5.74, 6) is -0.497. The minimum atomic E-state index is -0.497. The van der Waals surface area contributed by atoms with Crippen LogP contribution in [0.3, 0.4) is 0 Å². The van der Waals surface area contributed by atoms with E-state index in [0.29, 0.717) is 10.8 Å². The number of aromatic nitrogens is 1. The molecule has 30 heavy (non-hydrogen) atoms. The first-order valence-electron chi connectivity index (χ1n) is 9.53. The van der Waals surface area contributed by atoms with Crippen molar-refractivity contribution in [3.8, 4) is 0 Å². The van der Waals surface area contributed by atoms with Crippen LogP contribution in [0.4, 0.5) is 9.52 Å². The summed E-state index contributed by atoms with van der Waals surface area (Å²) in [7, 11) is 0. The molecular formula is C22H20FN3O2S2. The van der Waals surface area contributed by atoms with E-state index in [1.165, 1.54) is 17.7 Å². The van der Waals surface area contributed by atoms with Gasteiger partial charge in [-0.05, 0) is 43.0 Å². The zero-order chi connectivity index (χ0) is 20.9. The van der Waals surface area contributed by atoms with Gasteiger partial charge in [0, 0.05) is 15.7 Å². The summed E-state index contributed by atoms with van der Waals surface area (Å²) in [6.07, 6.45) is 3.56. The van der Waals surface area contributed by atoms with E-state index >= 15 is 0 Å². The molecule has 1 heterocycles. The summed E-state index contributed by atoms with van der Waals surface area (Å²) in [6, 6.07) is 15.5. The Kier molecular flexibility index (Phi) is 6.44. The fraction of sp³-hybridized carbons (Fsp3) is 0.227. The molecule has 5 nitrogen and oxygen atoms in total. The first-order chi connectivity index (χ1) is 14.6. The summed E-state index contributed by atoms with van der Waals surface area (Å²) in [4.78, 5) is 23.4. The Morgan fingerprint density at radius 3 is 2.77 bits per heavy atom. The summed E-state index contributed by atoms with van der Waals surface area (Å²) >= 11 is 2.61. The third-order valence-corrected chi connectivity index (χ3v) is 6.46. The predicted molar refractivity (Wildman–Crippen MR) is 119 cm³/mol. The second kappa shape index (κ2) is 9.40. The molecule has 8 heteroatoms. The van der Waals surface area contributed by atoms with Gasteiger partial charge in [0.25, 0.3) is 5.91 Å². The number of nitrogens with zero attached hydrogens (tertiary/aromatic N) is 2. The number of amides is 1. The molecule has 1 amide bonds. The second-order valence-electron chi connectivity index (χ2n) is 6.92. The predicted octanol–water partition coefficient (Wildman–Crippen LogP) is 5.40. The van der Waals surface area contributed by atoms with Gasteiger partial charge in [-0.1, -0.05) is 52.9 Å². The fourth-order valence-electron chi connectivity index (χ4n) is 2.78. The van der Waals surface area contributed by atoms with Crippen LogP contribution in [-0.4, -0.2) is 21.9 Å². The van der Waals surface area contributed by atoms with Crippen molar-refractivity contribution in [3.05, 3.63) is 76.5 Å². The molecule has 1 aliphatic carbocycles. The zero-order valence-corrected chi connectivity index (χ0v) is 17.9. The van der Waals surface area contributed by atoms with E-state index in [1.807, 2.05) is 61.2 Å². The van der Waals surface area contributed by atoms with Crippen LogP contribution < -0.4 is 5.32 Å². The highest BCUT2D eigenvalue weighted by Gasteiger charge is 2.24. The Morgan fingerprint density at radius 1 is 1.30 bits per heavy atom. The quantitative estimate of drug-likeness (QED) is 0.375. The normalized spacial score (nSPS) is 13.9. The number of halogens is 1. The summed E-state index contributed by atoms with van der Waals surface area (Å²) in [5, 5.41) is 7.14. The smallest absolute Gasteiger partial charge is 0.280 e. The van der Waals surface area contributed by atoms with Crippen molar-refractivity contribution in [1.82, 2.24) is 4.98 Å². The van der Waals surface area contributed by atoms with E-state index in [9.17, 15) is 9.18 Å². The molecule has 0 atom stereocenters. The monoisotopic (exact) mass is 441 g/mol. The summed E-state index contributed by atoms with van der Waals surface area (Å²) < 4.78 is 13.3. The van der Waals surface area contributed by atoms with Gasteiger partial charge in [0.2, 0.25) is 0 Å². The van der Waals surface area contributed by atoms with E-state index < -0.39 is 11.0 Å². The molecule has 2 aromatic carbocycles. The molecule has 1 fully saturated rings.